The van der Waals surface area contributed by atoms with Gasteiger partial charge in [0.25, 0.3) is 0 Å². The highest BCUT2D eigenvalue weighted by Crippen LogP contribution is 2.18. The molecule has 6 heteroatoms. The quantitative estimate of drug-likeness (QED) is 0.0321. The van der Waals surface area contributed by atoms with Crippen LogP contribution in [0.1, 0.15) is 341 Å². The Morgan fingerprint density at radius 1 is 0.403 bits per heavy atom. The number of ether oxygens (including phenoxy) is 1. The van der Waals surface area contributed by atoms with Crippen molar-refractivity contribution in [2.75, 3.05) is 13.2 Å². The Labute approximate surface area is 419 Å². The van der Waals surface area contributed by atoms with Gasteiger partial charge in [-0.3, -0.25) is 9.59 Å². The van der Waals surface area contributed by atoms with E-state index in [0.717, 1.165) is 44.9 Å². The van der Waals surface area contributed by atoms with Crippen molar-refractivity contribution in [3.63, 3.8) is 0 Å². The highest BCUT2D eigenvalue weighted by Gasteiger charge is 2.20. The molecule has 0 aliphatic heterocycles. The van der Waals surface area contributed by atoms with Crippen molar-refractivity contribution in [1.82, 2.24) is 5.32 Å². The number of hydrogen-bond acceptors (Lipinski definition) is 5. The van der Waals surface area contributed by atoms with E-state index in [1.807, 2.05) is 0 Å². The number of amides is 1. The average Bonchev–Trinajstić information content (AvgIpc) is 3.33. The van der Waals surface area contributed by atoms with Crippen LogP contribution in [0.3, 0.4) is 0 Å². The lowest BCUT2D eigenvalue weighted by molar-refractivity contribution is -0.143. The fourth-order valence-corrected chi connectivity index (χ4v) is 9.64. The second kappa shape index (κ2) is 57.2. The number of nitrogens with one attached hydrogen (secondary N) is 1. The van der Waals surface area contributed by atoms with Crippen LogP contribution in [0.25, 0.3) is 0 Å². The summed E-state index contributed by atoms with van der Waals surface area (Å²) in [7, 11) is 0. The van der Waals surface area contributed by atoms with Crippen molar-refractivity contribution in [3.8, 4) is 0 Å². The van der Waals surface area contributed by atoms with E-state index in [9.17, 15) is 19.8 Å². The topological polar surface area (TPSA) is 95.9 Å². The molecule has 0 aliphatic rings. The lowest BCUT2D eigenvalue weighted by atomic mass is 10.0. The van der Waals surface area contributed by atoms with E-state index in [2.05, 4.69) is 31.3 Å². The van der Waals surface area contributed by atoms with E-state index in [1.165, 1.54) is 263 Å². The van der Waals surface area contributed by atoms with Crippen LogP contribution >= 0.6 is 0 Å². The first kappa shape index (κ1) is 65.6. The highest BCUT2D eigenvalue weighted by atomic mass is 16.5. The van der Waals surface area contributed by atoms with E-state index < -0.39 is 12.1 Å². The molecule has 6 nitrogen and oxygen atoms in total. The first-order valence-corrected chi connectivity index (χ1v) is 30.4. The van der Waals surface area contributed by atoms with Gasteiger partial charge in [-0.05, 0) is 51.4 Å². The Hall–Kier alpha value is -1.40. The minimum Gasteiger partial charge on any atom is -0.466 e. The van der Waals surface area contributed by atoms with Crippen LogP contribution in [-0.2, 0) is 14.3 Å². The number of aliphatic hydroxyl groups excluding tert-OH is 2. The van der Waals surface area contributed by atoms with E-state index >= 15 is 0 Å². The molecule has 398 valence electrons. The summed E-state index contributed by atoms with van der Waals surface area (Å²) in [5.41, 5.74) is 0. The molecule has 0 aromatic rings. The number of hydrogen-bond donors (Lipinski definition) is 3. The van der Waals surface area contributed by atoms with Gasteiger partial charge in [-0.15, -0.1) is 0 Å². The fourth-order valence-electron chi connectivity index (χ4n) is 9.64. The third-order valence-electron chi connectivity index (χ3n) is 14.3. The Balaban J connectivity index is 3.38. The number of carbonyl (C=O) groups is 2. The van der Waals surface area contributed by atoms with Gasteiger partial charge >= 0.3 is 5.97 Å². The van der Waals surface area contributed by atoms with Gasteiger partial charge in [-0.25, -0.2) is 0 Å². The molecule has 1 amide bonds. The molecular formula is C61H119NO5. The Morgan fingerprint density at radius 3 is 1.06 bits per heavy atom. The zero-order chi connectivity index (χ0) is 48.6. The number of allylic oxidation sites excluding steroid dienone is 2. The van der Waals surface area contributed by atoms with Gasteiger partial charge in [0.1, 0.15) is 0 Å². The summed E-state index contributed by atoms with van der Waals surface area (Å²) >= 11 is 0. The third kappa shape index (κ3) is 53.8. The smallest absolute Gasteiger partial charge is 0.305 e. The van der Waals surface area contributed by atoms with Crippen LogP contribution in [0.2, 0.25) is 0 Å². The molecule has 0 aliphatic carbocycles. The predicted octanol–water partition coefficient (Wildman–Crippen LogP) is 18.9. The molecular weight excluding hydrogens is 827 g/mol. The number of carbonyl (C=O) groups excluding carboxylic acids is 2. The van der Waals surface area contributed by atoms with E-state index in [0.29, 0.717) is 25.9 Å². The molecule has 2 atom stereocenters. The fraction of sp³-hybridized carbons (Fsp3) is 0.934. The van der Waals surface area contributed by atoms with Gasteiger partial charge in [0, 0.05) is 12.8 Å². The van der Waals surface area contributed by atoms with Crippen LogP contribution in [0.15, 0.2) is 12.2 Å². The maximum atomic E-state index is 12.5. The molecule has 0 heterocycles. The third-order valence-corrected chi connectivity index (χ3v) is 14.3. The van der Waals surface area contributed by atoms with Crippen LogP contribution in [0, 0.1) is 0 Å². The van der Waals surface area contributed by atoms with Crippen molar-refractivity contribution in [3.05, 3.63) is 12.2 Å². The summed E-state index contributed by atoms with van der Waals surface area (Å²) in [5, 5.41) is 23.3. The van der Waals surface area contributed by atoms with Crippen molar-refractivity contribution < 1.29 is 24.5 Å². The number of rotatable bonds is 57. The molecule has 0 aromatic carbocycles. The molecule has 0 fully saturated rings. The molecule has 0 aromatic heterocycles. The van der Waals surface area contributed by atoms with Gasteiger partial charge < -0.3 is 20.3 Å². The van der Waals surface area contributed by atoms with Crippen LogP contribution < -0.4 is 5.32 Å². The highest BCUT2D eigenvalue weighted by molar-refractivity contribution is 5.76. The SMILES string of the molecule is CCCCCCCCC/C=C\CCCCCCCC(=O)OCCCCCCCCCCCCCCCCCCCCCCC(=O)NC(CO)C(O)CCCCCCCCCCCCCCCC. The minimum absolute atomic E-state index is 0.00392. The van der Waals surface area contributed by atoms with Gasteiger partial charge in [-0.1, -0.05) is 289 Å². The second-order valence-electron chi connectivity index (χ2n) is 21.0. The number of aliphatic hydroxyl groups is 2. The van der Waals surface area contributed by atoms with Crippen LogP contribution in [0.4, 0.5) is 0 Å². The predicted molar refractivity (Wildman–Crippen MR) is 292 cm³/mol. The second-order valence-corrected chi connectivity index (χ2v) is 21.0. The molecule has 0 saturated heterocycles. The molecule has 0 bridgehead atoms. The van der Waals surface area contributed by atoms with E-state index in [-0.39, 0.29) is 18.5 Å². The first-order valence-electron chi connectivity index (χ1n) is 30.4. The van der Waals surface area contributed by atoms with Crippen molar-refractivity contribution in [1.29, 1.82) is 0 Å². The molecule has 0 spiro atoms. The largest absolute Gasteiger partial charge is 0.466 e. The summed E-state index contributed by atoms with van der Waals surface area (Å²) in [6.45, 7) is 4.96. The van der Waals surface area contributed by atoms with Gasteiger partial charge in [0.05, 0.1) is 25.4 Å². The normalized spacial score (nSPS) is 12.6. The van der Waals surface area contributed by atoms with Gasteiger partial charge in [0.15, 0.2) is 0 Å². The molecule has 0 radical (unpaired) electrons. The van der Waals surface area contributed by atoms with E-state index in [4.69, 9.17) is 4.74 Å². The summed E-state index contributed by atoms with van der Waals surface area (Å²) in [6, 6.07) is -0.542. The zero-order valence-corrected chi connectivity index (χ0v) is 45.4. The zero-order valence-electron chi connectivity index (χ0n) is 45.4. The maximum absolute atomic E-state index is 12.5. The Bertz CT molecular complexity index is 1000. The molecule has 2 unspecified atom stereocenters. The monoisotopic (exact) mass is 946 g/mol. The van der Waals surface area contributed by atoms with Gasteiger partial charge in [-0.2, -0.15) is 0 Å². The standard InChI is InChI=1S/C61H119NO5/c1-3-5-7-9-11-13-15-17-19-27-31-35-39-43-47-51-55-61(66)67-56-52-48-44-40-36-32-28-25-23-21-20-22-24-26-30-34-38-42-46-50-54-60(65)62-58(57-63)59(64)53-49-45-41-37-33-29-18-16-14-12-10-8-6-4-2/h19,27,58-59,63-64H,3-18,20-26,28-57H2,1-2H3,(H,62,65)/b27-19-. The summed E-state index contributed by atoms with van der Waals surface area (Å²) < 4.78 is 5.48. The van der Waals surface area contributed by atoms with E-state index in [1.54, 1.807) is 0 Å². The molecule has 67 heavy (non-hydrogen) atoms. The lowest BCUT2D eigenvalue weighted by Gasteiger charge is -2.22. The summed E-state index contributed by atoms with van der Waals surface area (Å²) in [6.07, 6.45) is 67.8. The number of esters is 1. The number of unbranched alkanes of at least 4 members (excludes halogenated alkanes) is 44. The van der Waals surface area contributed by atoms with Crippen molar-refractivity contribution in [2.24, 2.45) is 0 Å². The Morgan fingerprint density at radius 2 is 0.701 bits per heavy atom. The summed E-state index contributed by atoms with van der Waals surface area (Å²) in [4.78, 5) is 24.5. The minimum atomic E-state index is -0.664. The van der Waals surface area contributed by atoms with Crippen molar-refractivity contribution >= 4 is 11.9 Å². The van der Waals surface area contributed by atoms with Crippen molar-refractivity contribution in [2.45, 2.75) is 353 Å². The molecule has 0 rings (SSSR count). The van der Waals surface area contributed by atoms with Crippen LogP contribution in [-0.4, -0.2) is 47.4 Å². The molecule has 3 N–H and O–H groups in total. The molecule has 0 saturated carbocycles. The van der Waals surface area contributed by atoms with Crippen LogP contribution in [0.5, 0.6) is 0 Å². The van der Waals surface area contributed by atoms with Gasteiger partial charge in [0.2, 0.25) is 5.91 Å². The average molecular weight is 947 g/mol. The first-order chi connectivity index (χ1) is 33.0. The summed E-state index contributed by atoms with van der Waals surface area (Å²) in [5.74, 6) is -0.0311. The lowest BCUT2D eigenvalue weighted by Crippen LogP contribution is -2.45. The Kier molecular flexibility index (Phi) is 56.0. The maximum Gasteiger partial charge on any atom is 0.305 e.